The molecular formula is C21H23NO3. The highest BCUT2D eigenvalue weighted by Gasteiger charge is 2.31. The molecule has 2 aliphatic rings. The fourth-order valence-electron chi connectivity index (χ4n) is 4.15. The molecule has 1 aliphatic heterocycles. The molecule has 25 heavy (non-hydrogen) atoms. The van der Waals surface area contributed by atoms with Gasteiger partial charge in [-0.1, -0.05) is 18.2 Å². The molecule has 0 fully saturated rings. The normalized spacial score (nSPS) is 18.0. The van der Waals surface area contributed by atoms with E-state index in [-0.39, 0.29) is 11.8 Å². The molecular weight excluding hydrogens is 314 g/mol. The lowest BCUT2D eigenvalue weighted by atomic mass is 9.96. The van der Waals surface area contributed by atoms with Gasteiger partial charge < -0.3 is 14.4 Å². The minimum absolute atomic E-state index is 0.220. The molecule has 0 N–H and O–H groups in total. The first kappa shape index (κ1) is 16.0. The topological polar surface area (TPSA) is 38.8 Å². The fraction of sp³-hybridized carbons (Fsp3) is 0.381. The van der Waals surface area contributed by atoms with E-state index in [9.17, 15) is 4.79 Å². The number of fused-ring (bicyclic) bond motifs is 2. The Morgan fingerprint density at radius 2 is 1.84 bits per heavy atom. The number of carbonyl (C=O) groups excluding carboxylic acids is 1. The lowest BCUT2D eigenvalue weighted by molar-refractivity contribution is -0.118. The molecule has 0 saturated heterocycles. The van der Waals surface area contributed by atoms with Crippen LogP contribution in [0.4, 0.5) is 5.69 Å². The molecule has 4 rings (SSSR count). The van der Waals surface area contributed by atoms with E-state index in [0.29, 0.717) is 6.42 Å². The molecule has 4 heteroatoms. The lowest BCUT2D eigenvalue weighted by Gasteiger charge is -2.20. The molecule has 1 aliphatic carbocycles. The standard InChI is InChI=1S/C21H23NO3/c1-24-19-11-15-7-8-16(17(15)13-20(19)25-2)12-21(23)22-10-9-14-5-3-4-6-18(14)22/h3-6,11,13,16H,7-10,12H2,1-2H3. The van der Waals surface area contributed by atoms with Gasteiger partial charge in [-0.05, 0) is 60.1 Å². The van der Waals surface area contributed by atoms with E-state index in [1.807, 2.05) is 17.0 Å². The van der Waals surface area contributed by atoms with Crippen molar-refractivity contribution in [2.45, 2.75) is 31.6 Å². The van der Waals surface area contributed by atoms with Crippen LogP contribution in [0, 0.1) is 0 Å². The molecule has 130 valence electrons. The number of ether oxygens (including phenoxy) is 2. The van der Waals surface area contributed by atoms with Crippen LogP contribution in [0.15, 0.2) is 36.4 Å². The molecule has 0 radical (unpaired) electrons. The van der Waals surface area contributed by atoms with Crippen molar-refractivity contribution in [3.05, 3.63) is 53.1 Å². The maximum absolute atomic E-state index is 12.9. The Balaban J connectivity index is 1.55. The Morgan fingerprint density at radius 3 is 2.64 bits per heavy atom. The van der Waals surface area contributed by atoms with Gasteiger partial charge in [0, 0.05) is 18.7 Å². The summed E-state index contributed by atoms with van der Waals surface area (Å²) in [4.78, 5) is 14.9. The van der Waals surface area contributed by atoms with Crippen molar-refractivity contribution in [3.63, 3.8) is 0 Å². The number of carbonyl (C=O) groups is 1. The number of hydrogen-bond acceptors (Lipinski definition) is 3. The van der Waals surface area contributed by atoms with Crippen LogP contribution >= 0.6 is 0 Å². The third-order valence-corrected chi connectivity index (χ3v) is 5.46. The highest BCUT2D eigenvalue weighted by Crippen LogP contribution is 2.42. The van der Waals surface area contributed by atoms with E-state index in [0.717, 1.165) is 43.0 Å². The van der Waals surface area contributed by atoms with Crippen LogP contribution in [0.1, 0.15) is 35.4 Å². The van der Waals surface area contributed by atoms with Gasteiger partial charge in [0.15, 0.2) is 11.5 Å². The highest BCUT2D eigenvalue weighted by molar-refractivity contribution is 5.96. The van der Waals surface area contributed by atoms with Crippen LogP contribution < -0.4 is 14.4 Å². The molecule has 4 nitrogen and oxygen atoms in total. The predicted octanol–water partition coefficient (Wildman–Crippen LogP) is 3.71. The van der Waals surface area contributed by atoms with Gasteiger partial charge in [-0.2, -0.15) is 0 Å². The predicted molar refractivity (Wildman–Crippen MR) is 97.7 cm³/mol. The van der Waals surface area contributed by atoms with Gasteiger partial charge >= 0.3 is 0 Å². The van der Waals surface area contributed by atoms with Gasteiger partial charge in [0.2, 0.25) is 5.91 Å². The van der Waals surface area contributed by atoms with Crippen molar-refractivity contribution < 1.29 is 14.3 Å². The van der Waals surface area contributed by atoms with Gasteiger partial charge in [0.1, 0.15) is 0 Å². The van der Waals surface area contributed by atoms with Gasteiger partial charge in [0.25, 0.3) is 0 Å². The molecule has 2 aromatic carbocycles. The van der Waals surface area contributed by atoms with Crippen LogP contribution in [-0.2, 0) is 17.6 Å². The molecule has 1 unspecified atom stereocenters. The summed E-state index contributed by atoms with van der Waals surface area (Å²) >= 11 is 0. The summed E-state index contributed by atoms with van der Waals surface area (Å²) in [5, 5.41) is 0. The molecule has 1 atom stereocenters. The Bertz CT molecular complexity index is 815. The Morgan fingerprint density at radius 1 is 1.08 bits per heavy atom. The second-order valence-electron chi connectivity index (χ2n) is 6.77. The molecule has 0 saturated carbocycles. The number of para-hydroxylation sites is 1. The third-order valence-electron chi connectivity index (χ3n) is 5.46. The molecule has 1 amide bonds. The second-order valence-corrected chi connectivity index (χ2v) is 6.77. The second kappa shape index (κ2) is 6.43. The van der Waals surface area contributed by atoms with Crippen molar-refractivity contribution in [2.24, 2.45) is 0 Å². The quantitative estimate of drug-likeness (QED) is 0.854. The van der Waals surface area contributed by atoms with E-state index in [1.165, 1.54) is 16.7 Å². The van der Waals surface area contributed by atoms with Crippen molar-refractivity contribution in [1.29, 1.82) is 0 Å². The first-order chi connectivity index (χ1) is 12.2. The van der Waals surface area contributed by atoms with Crippen molar-refractivity contribution in [2.75, 3.05) is 25.7 Å². The fourth-order valence-corrected chi connectivity index (χ4v) is 4.15. The number of anilines is 1. The number of amides is 1. The molecule has 0 aromatic heterocycles. The molecule has 0 spiro atoms. The summed E-state index contributed by atoms with van der Waals surface area (Å²) in [7, 11) is 3.31. The van der Waals surface area contributed by atoms with E-state index >= 15 is 0 Å². The zero-order valence-electron chi connectivity index (χ0n) is 14.7. The lowest BCUT2D eigenvalue weighted by Crippen LogP contribution is -2.29. The van der Waals surface area contributed by atoms with Crippen LogP contribution in [0.2, 0.25) is 0 Å². The summed E-state index contributed by atoms with van der Waals surface area (Å²) in [6.45, 7) is 0.795. The summed E-state index contributed by atoms with van der Waals surface area (Å²) in [5.74, 6) is 1.99. The number of benzene rings is 2. The van der Waals surface area contributed by atoms with Gasteiger partial charge in [-0.15, -0.1) is 0 Å². The maximum atomic E-state index is 12.9. The zero-order valence-corrected chi connectivity index (χ0v) is 14.7. The molecule has 2 aromatic rings. The number of aryl methyl sites for hydroxylation is 1. The van der Waals surface area contributed by atoms with Gasteiger partial charge in [-0.25, -0.2) is 0 Å². The van der Waals surface area contributed by atoms with Gasteiger partial charge in [0.05, 0.1) is 14.2 Å². The Kier molecular flexibility index (Phi) is 4.12. The number of methoxy groups -OCH3 is 2. The van der Waals surface area contributed by atoms with Crippen LogP contribution in [-0.4, -0.2) is 26.7 Å². The largest absolute Gasteiger partial charge is 0.493 e. The minimum Gasteiger partial charge on any atom is -0.493 e. The van der Waals surface area contributed by atoms with E-state index < -0.39 is 0 Å². The Hall–Kier alpha value is -2.49. The monoisotopic (exact) mass is 337 g/mol. The van der Waals surface area contributed by atoms with E-state index in [1.54, 1.807) is 14.2 Å². The molecule has 0 bridgehead atoms. The van der Waals surface area contributed by atoms with E-state index in [2.05, 4.69) is 24.3 Å². The first-order valence-electron chi connectivity index (χ1n) is 8.84. The molecule has 1 heterocycles. The highest BCUT2D eigenvalue weighted by atomic mass is 16.5. The SMILES string of the molecule is COc1cc2c(cc1OC)C(CC(=O)N1CCc3ccccc31)CC2. The summed E-state index contributed by atoms with van der Waals surface area (Å²) in [6.07, 6.45) is 3.50. The number of rotatable bonds is 4. The van der Waals surface area contributed by atoms with Crippen LogP contribution in [0.3, 0.4) is 0 Å². The van der Waals surface area contributed by atoms with Crippen molar-refractivity contribution in [1.82, 2.24) is 0 Å². The average Bonchev–Trinajstić information content (AvgIpc) is 3.24. The van der Waals surface area contributed by atoms with Crippen molar-refractivity contribution in [3.8, 4) is 11.5 Å². The maximum Gasteiger partial charge on any atom is 0.227 e. The Labute approximate surface area is 148 Å². The minimum atomic E-state index is 0.220. The van der Waals surface area contributed by atoms with Crippen molar-refractivity contribution >= 4 is 11.6 Å². The van der Waals surface area contributed by atoms with Crippen LogP contribution in [0.5, 0.6) is 11.5 Å². The summed E-state index contributed by atoms with van der Waals surface area (Å²) in [5.41, 5.74) is 4.86. The average molecular weight is 337 g/mol. The van der Waals surface area contributed by atoms with Crippen LogP contribution in [0.25, 0.3) is 0 Å². The first-order valence-corrected chi connectivity index (χ1v) is 8.84. The number of nitrogens with zero attached hydrogens (tertiary/aromatic N) is 1. The smallest absolute Gasteiger partial charge is 0.227 e. The third kappa shape index (κ3) is 2.76. The van der Waals surface area contributed by atoms with Gasteiger partial charge in [-0.3, -0.25) is 4.79 Å². The summed E-state index contributed by atoms with van der Waals surface area (Å²) < 4.78 is 10.8. The summed E-state index contributed by atoms with van der Waals surface area (Å²) in [6, 6.07) is 12.3. The number of hydrogen-bond donors (Lipinski definition) is 0. The van der Waals surface area contributed by atoms with E-state index in [4.69, 9.17) is 9.47 Å². The zero-order chi connectivity index (χ0) is 17.4.